The van der Waals surface area contributed by atoms with Crippen LogP contribution in [-0.2, 0) is 4.74 Å². The predicted molar refractivity (Wildman–Crippen MR) is 87.8 cm³/mol. The molecule has 110 valence electrons. The highest BCUT2D eigenvalue weighted by Crippen LogP contribution is 2.42. The molecule has 1 spiro atoms. The third-order valence-electron chi connectivity index (χ3n) is 4.13. The van der Waals surface area contributed by atoms with E-state index in [0.717, 1.165) is 37.6 Å². The molecule has 2 saturated heterocycles. The minimum absolute atomic E-state index is 0.109. The number of allylic oxidation sites excluding steroid dienone is 3. The maximum absolute atomic E-state index is 6.16. The lowest BCUT2D eigenvalue weighted by atomic mass is 9.82. The Hall–Kier alpha value is -1.13. The van der Waals surface area contributed by atoms with Crippen molar-refractivity contribution in [3.63, 3.8) is 0 Å². The molecule has 3 nitrogen and oxygen atoms in total. The van der Waals surface area contributed by atoms with Crippen LogP contribution in [0.3, 0.4) is 0 Å². The number of thiocarbonyl (C=S) groups is 1. The standard InChI is InChI=1S/C16H24N2OS/c1-4-7-13-12-19-16(14(13)5-2)8-10-18(11-9-16)15(20)17-6-3/h4-5,7H,1,6,8-12H2,2-3H3,(H,17,20)/b13-7-,14-5+. The molecule has 4 heteroatoms. The van der Waals surface area contributed by atoms with Gasteiger partial charge in [0.2, 0.25) is 0 Å². The molecule has 0 aromatic heterocycles. The van der Waals surface area contributed by atoms with E-state index in [1.54, 1.807) is 0 Å². The molecule has 0 bridgehead atoms. The Labute approximate surface area is 127 Å². The van der Waals surface area contributed by atoms with Crippen molar-refractivity contribution in [2.24, 2.45) is 0 Å². The summed E-state index contributed by atoms with van der Waals surface area (Å²) in [5.41, 5.74) is 2.50. The summed E-state index contributed by atoms with van der Waals surface area (Å²) in [7, 11) is 0. The third kappa shape index (κ3) is 2.81. The zero-order valence-electron chi connectivity index (χ0n) is 12.4. The van der Waals surface area contributed by atoms with E-state index in [1.165, 1.54) is 11.1 Å². The van der Waals surface area contributed by atoms with Crippen LogP contribution in [0.15, 0.2) is 36.0 Å². The minimum Gasteiger partial charge on any atom is -0.365 e. The molecule has 2 aliphatic rings. The molecule has 20 heavy (non-hydrogen) atoms. The largest absolute Gasteiger partial charge is 0.365 e. The number of hydrogen-bond donors (Lipinski definition) is 1. The third-order valence-corrected chi connectivity index (χ3v) is 4.54. The van der Waals surface area contributed by atoms with Crippen molar-refractivity contribution in [3.8, 4) is 0 Å². The van der Waals surface area contributed by atoms with Gasteiger partial charge in [-0.05, 0) is 50.1 Å². The van der Waals surface area contributed by atoms with E-state index in [2.05, 4.69) is 42.8 Å². The van der Waals surface area contributed by atoms with Crippen LogP contribution in [-0.4, -0.2) is 41.9 Å². The van der Waals surface area contributed by atoms with Gasteiger partial charge in [-0.2, -0.15) is 0 Å². The second kappa shape index (κ2) is 6.55. The molecular weight excluding hydrogens is 268 g/mol. The first-order valence-corrected chi connectivity index (χ1v) is 7.73. The van der Waals surface area contributed by atoms with Gasteiger partial charge in [-0.25, -0.2) is 0 Å². The lowest BCUT2D eigenvalue weighted by Crippen LogP contribution is -2.50. The predicted octanol–water partition coefficient (Wildman–Crippen LogP) is 2.80. The highest BCUT2D eigenvalue weighted by Gasteiger charge is 2.44. The monoisotopic (exact) mass is 292 g/mol. The number of hydrogen-bond acceptors (Lipinski definition) is 2. The second-order valence-corrected chi connectivity index (χ2v) is 5.62. The SMILES string of the molecule is C=C/C=C1/COC2(CCN(C(=S)NCC)CC2)/C1=C/C. The number of likely N-dealkylation sites (tertiary alicyclic amines) is 1. The fourth-order valence-corrected chi connectivity index (χ4v) is 3.47. The molecule has 0 radical (unpaired) electrons. The average Bonchev–Trinajstić information content (AvgIpc) is 2.78. The molecule has 1 N–H and O–H groups in total. The lowest BCUT2D eigenvalue weighted by molar-refractivity contribution is -0.0115. The van der Waals surface area contributed by atoms with Gasteiger partial charge in [0.15, 0.2) is 5.11 Å². The van der Waals surface area contributed by atoms with Gasteiger partial charge in [-0.3, -0.25) is 0 Å². The summed E-state index contributed by atoms with van der Waals surface area (Å²) < 4.78 is 6.16. The summed E-state index contributed by atoms with van der Waals surface area (Å²) in [6.45, 7) is 11.4. The van der Waals surface area contributed by atoms with Crippen molar-refractivity contribution < 1.29 is 4.74 Å². The lowest BCUT2D eigenvalue weighted by Gasteiger charge is -2.40. The first kappa shape index (κ1) is 15.3. The van der Waals surface area contributed by atoms with Gasteiger partial charge in [-0.15, -0.1) is 0 Å². The van der Waals surface area contributed by atoms with E-state index >= 15 is 0 Å². The zero-order valence-corrected chi connectivity index (χ0v) is 13.3. The molecule has 2 rings (SSSR count). The molecule has 0 amide bonds. The van der Waals surface area contributed by atoms with Gasteiger partial charge < -0.3 is 15.0 Å². The van der Waals surface area contributed by atoms with E-state index in [9.17, 15) is 0 Å². The van der Waals surface area contributed by atoms with Crippen LogP contribution < -0.4 is 5.32 Å². The fraction of sp³-hybridized carbons (Fsp3) is 0.562. The number of ether oxygens (including phenoxy) is 1. The molecule has 0 saturated carbocycles. The summed E-state index contributed by atoms with van der Waals surface area (Å²) in [5, 5.41) is 4.09. The summed E-state index contributed by atoms with van der Waals surface area (Å²) in [6.07, 6.45) is 8.09. The summed E-state index contributed by atoms with van der Waals surface area (Å²) in [4.78, 5) is 2.25. The Morgan fingerprint density at radius 2 is 2.20 bits per heavy atom. The topological polar surface area (TPSA) is 24.5 Å². The van der Waals surface area contributed by atoms with Crippen molar-refractivity contribution in [2.75, 3.05) is 26.2 Å². The smallest absolute Gasteiger partial charge is 0.168 e. The first-order valence-electron chi connectivity index (χ1n) is 7.32. The van der Waals surface area contributed by atoms with E-state index in [0.29, 0.717) is 6.61 Å². The van der Waals surface area contributed by atoms with Crippen LogP contribution in [0.2, 0.25) is 0 Å². The van der Waals surface area contributed by atoms with Gasteiger partial charge in [0.1, 0.15) is 0 Å². The molecule has 2 heterocycles. The molecule has 0 aromatic carbocycles. The first-order chi connectivity index (χ1) is 9.66. The molecule has 2 fully saturated rings. The zero-order chi connectivity index (χ0) is 14.6. The molecule has 0 atom stereocenters. The van der Waals surface area contributed by atoms with Crippen LogP contribution in [0.4, 0.5) is 0 Å². The fourth-order valence-electron chi connectivity index (χ4n) is 3.14. The van der Waals surface area contributed by atoms with E-state index in [1.807, 2.05) is 6.08 Å². The number of nitrogens with zero attached hydrogens (tertiary/aromatic N) is 1. The Morgan fingerprint density at radius 1 is 1.50 bits per heavy atom. The van der Waals surface area contributed by atoms with Crippen molar-refractivity contribution in [1.82, 2.24) is 10.2 Å². The van der Waals surface area contributed by atoms with Crippen molar-refractivity contribution in [1.29, 1.82) is 0 Å². The number of nitrogens with one attached hydrogen (secondary N) is 1. The number of piperidine rings is 1. The Bertz CT molecular complexity index is 445. The Kier molecular flexibility index (Phi) is 5.00. The van der Waals surface area contributed by atoms with Crippen LogP contribution in [0.5, 0.6) is 0 Å². The summed E-state index contributed by atoms with van der Waals surface area (Å²) >= 11 is 5.39. The molecule has 0 aliphatic carbocycles. The van der Waals surface area contributed by atoms with E-state index in [-0.39, 0.29) is 5.60 Å². The quantitative estimate of drug-likeness (QED) is 0.791. The van der Waals surface area contributed by atoms with Gasteiger partial charge in [0, 0.05) is 19.6 Å². The van der Waals surface area contributed by atoms with E-state index < -0.39 is 0 Å². The molecule has 2 aliphatic heterocycles. The highest BCUT2D eigenvalue weighted by molar-refractivity contribution is 7.80. The van der Waals surface area contributed by atoms with Crippen molar-refractivity contribution in [2.45, 2.75) is 32.3 Å². The van der Waals surface area contributed by atoms with Gasteiger partial charge in [0.25, 0.3) is 0 Å². The summed E-state index contributed by atoms with van der Waals surface area (Å²) in [5.74, 6) is 0. The minimum atomic E-state index is -0.109. The van der Waals surface area contributed by atoms with Crippen LogP contribution in [0.1, 0.15) is 26.7 Å². The Balaban J connectivity index is 2.07. The Morgan fingerprint density at radius 3 is 2.75 bits per heavy atom. The average molecular weight is 292 g/mol. The van der Waals surface area contributed by atoms with Gasteiger partial charge >= 0.3 is 0 Å². The maximum atomic E-state index is 6.16. The molecular formula is C16H24N2OS. The van der Waals surface area contributed by atoms with Crippen LogP contribution in [0, 0.1) is 0 Å². The van der Waals surface area contributed by atoms with Crippen molar-refractivity contribution in [3.05, 3.63) is 36.0 Å². The highest BCUT2D eigenvalue weighted by atomic mass is 32.1. The normalized spacial score (nSPS) is 25.4. The van der Waals surface area contributed by atoms with Gasteiger partial charge in [0.05, 0.1) is 12.2 Å². The van der Waals surface area contributed by atoms with Crippen LogP contribution >= 0.6 is 12.2 Å². The molecule has 0 aromatic rings. The molecule has 0 unspecified atom stereocenters. The van der Waals surface area contributed by atoms with E-state index in [4.69, 9.17) is 17.0 Å². The van der Waals surface area contributed by atoms with Crippen molar-refractivity contribution >= 4 is 17.3 Å². The second-order valence-electron chi connectivity index (χ2n) is 5.24. The maximum Gasteiger partial charge on any atom is 0.168 e. The van der Waals surface area contributed by atoms with Gasteiger partial charge in [-0.1, -0.05) is 24.8 Å². The number of rotatable bonds is 2. The van der Waals surface area contributed by atoms with Crippen LogP contribution in [0.25, 0.3) is 0 Å². The summed E-state index contributed by atoms with van der Waals surface area (Å²) in [6, 6.07) is 0.